The molecule has 2 rings (SSSR count). The molecule has 21 heavy (non-hydrogen) atoms. The highest BCUT2D eigenvalue weighted by molar-refractivity contribution is 6.39. The lowest BCUT2D eigenvalue weighted by Gasteiger charge is -2.07. The molecule has 0 aliphatic rings. The molecule has 2 aromatic carbocycles. The molecule has 0 fully saturated rings. The van der Waals surface area contributed by atoms with Gasteiger partial charge < -0.3 is 10.6 Å². The van der Waals surface area contributed by atoms with Gasteiger partial charge in [0.25, 0.3) is 0 Å². The molecule has 108 valence electrons. The van der Waals surface area contributed by atoms with Crippen molar-refractivity contribution in [3.05, 3.63) is 65.5 Å². The maximum absolute atomic E-state index is 13.4. The second-order valence-corrected chi connectivity index (χ2v) is 4.59. The van der Waals surface area contributed by atoms with Gasteiger partial charge in [0, 0.05) is 17.8 Å². The summed E-state index contributed by atoms with van der Waals surface area (Å²) in [7, 11) is 0. The Bertz CT molecular complexity index is 654. The van der Waals surface area contributed by atoms with Gasteiger partial charge in [0.2, 0.25) is 0 Å². The molecule has 5 heteroatoms. The molecule has 0 saturated carbocycles. The topological polar surface area (TPSA) is 58.2 Å². The number of aryl methyl sites for hydroxylation is 1. The van der Waals surface area contributed by atoms with E-state index in [4.69, 9.17) is 0 Å². The number of carbonyl (C=O) groups is 2. The van der Waals surface area contributed by atoms with E-state index >= 15 is 0 Å². The van der Waals surface area contributed by atoms with Crippen LogP contribution < -0.4 is 10.6 Å². The van der Waals surface area contributed by atoms with E-state index < -0.39 is 17.6 Å². The van der Waals surface area contributed by atoms with Gasteiger partial charge >= 0.3 is 11.8 Å². The predicted octanol–water partition coefficient (Wildman–Crippen LogP) is 2.39. The molecule has 0 aliphatic carbocycles. The van der Waals surface area contributed by atoms with Crippen LogP contribution in [0.15, 0.2) is 48.5 Å². The molecular formula is C16H15FN2O2. The molecule has 0 saturated heterocycles. The molecule has 0 unspecified atom stereocenters. The monoisotopic (exact) mass is 286 g/mol. The Hall–Kier alpha value is -2.69. The number of hydrogen-bond donors (Lipinski definition) is 2. The van der Waals surface area contributed by atoms with Crippen molar-refractivity contribution in [3.8, 4) is 0 Å². The molecule has 0 heterocycles. The summed E-state index contributed by atoms with van der Waals surface area (Å²) in [6, 6.07) is 13.1. The van der Waals surface area contributed by atoms with Crippen molar-refractivity contribution in [2.24, 2.45) is 0 Å². The lowest BCUT2D eigenvalue weighted by Crippen LogP contribution is -2.35. The van der Waals surface area contributed by atoms with Crippen LogP contribution in [-0.2, 0) is 16.1 Å². The van der Waals surface area contributed by atoms with Crippen LogP contribution >= 0.6 is 0 Å². The summed E-state index contributed by atoms with van der Waals surface area (Å²) in [4.78, 5) is 23.3. The fourth-order valence-electron chi connectivity index (χ4n) is 1.72. The standard InChI is InChI=1S/C16H15FN2O2/c1-11-6-8-13(9-7-11)19-16(21)15(20)18-10-12-4-2-3-5-14(12)17/h2-9H,10H2,1H3,(H,18,20)(H,19,21). The van der Waals surface area contributed by atoms with E-state index in [-0.39, 0.29) is 6.54 Å². The van der Waals surface area contributed by atoms with Crippen molar-refractivity contribution in [1.29, 1.82) is 0 Å². The van der Waals surface area contributed by atoms with Gasteiger partial charge in [-0.25, -0.2) is 4.39 Å². The number of nitrogens with one attached hydrogen (secondary N) is 2. The van der Waals surface area contributed by atoms with Crippen molar-refractivity contribution >= 4 is 17.5 Å². The van der Waals surface area contributed by atoms with E-state index in [2.05, 4.69) is 10.6 Å². The third-order valence-electron chi connectivity index (χ3n) is 2.91. The summed E-state index contributed by atoms with van der Waals surface area (Å²) in [5, 5.41) is 4.86. The molecule has 2 N–H and O–H groups in total. The normalized spacial score (nSPS) is 10.0. The van der Waals surface area contributed by atoms with Crippen LogP contribution in [0.4, 0.5) is 10.1 Å². The molecule has 2 amide bonds. The van der Waals surface area contributed by atoms with Gasteiger partial charge in [0.05, 0.1) is 0 Å². The van der Waals surface area contributed by atoms with Crippen molar-refractivity contribution in [2.45, 2.75) is 13.5 Å². The Labute approximate surface area is 122 Å². The van der Waals surface area contributed by atoms with E-state index in [1.807, 2.05) is 19.1 Å². The van der Waals surface area contributed by atoms with Crippen LogP contribution in [0.25, 0.3) is 0 Å². The fraction of sp³-hybridized carbons (Fsp3) is 0.125. The third kappa shape index (κ3) is 4.14. The second-order valence-electron chi connectivity index (χ2n) is 4.59. The van der Waals surface area contributed by atoms with Gasteiger partial charge in [-0.05, 0) is 25.1 Å². The number of hydrogen-bond acceptors (Lipinski definition) is 2. The number of rotatable bonds is 3. The Balaban J connectivity index is 1.90. The van der Waals surface area contributed by atoms with E-state index in [9.17, 15) is 14.0 Å². The SMILES string of the molecule is Cc1ccc(NC(=O)C(=O)NCc2ccccc2F)cc1. The third-order valence-corrected chi connectivity index (χ3v) is 2.91. The zero-order valence-corrected chi connectivity index (χ0v) is 11.5. The van der Waals surface area contributed by atoms with E-state index in [0.717, 1.165) is 5.56 Å². The number of halogens is 1. The largest absolute Gasteiger partial charge is 0.344 e. The average molecular weight is 286 g/mol. The number of benzene rings is 2. The zero-order chi connectivity index (χ0) is 15.2. The first-order valence-electron chi connectivity index (χ1n) is 6.45. The molecule has 0 spiro atoms. The lowest BCUT2D eigenvalue weighted by atomic mass is 10.2. The van der Waals surface area contributed by atoms with Gasteiger partial charge in [0.1, 0.15) is 5.82 Å². The van der Waals surface area contributed by atoms with Crippen molar-refractivity contribution in [3.63, 3.8) is 0 Å². The first-order valence-corrected chi connectivity index (χ1v) is 6.45. The summed E-state index contributed by atoms with van der Waals surface area (Å²) in [6.45, 7) is 1.89. The molecule has 0 radical (unpaired) electrons. The molecule has 0 atom stereocenters. The maximum Gasteiger partial charge on any atom is 0.313 e. The summed E-state index contributed by atoms with van der Waals surface area (Å²) < 4.78 is 13.4. The molecular weight excluding hydrogens is 271 g/mol. The van der Waals surface area contributed by atoms with Gasteiger partial charge in [0.15, 0.2) is 0 Å². The first-order chi connectivity index (χ1) is 10.1. The minimum absolute atomic E-state index is 0.0349. The van der Waals surface area contributed by atoms with Crippen LogP contribution in [0.1, 0.15) is 11.1 Å². The Morgan fingerprint density at radius 2 is 1.67 bits per heavy atom. The van der Waals surface area contributed by atoms with Gasteiger partial charge in [-0.2, -0.15) is 0 Å². The van der Waals surface area contributed by atoms with Crippen LogP contribution in [0.3, 0.4) is 0 Å². The van der Waals surface area contributed by atoms with Crippen molar-refractivity contribution < 1.29 is 14.0 Å². The van der Waals surface area contributed by atoms with Crippen LogP contribution in [0.5, 0.6) is 0 Å². The zero-order valence-electron chi connectivity index (χ0n) is 11.5. The highest BCUT2D eigenvalue weighted by Crippen LogP contribution is 2.08. The lowest BCUT2D eigenvalue weighted by molar-refractivity contribution is -0.136. The van der Waals surface area contributed by atoms with Gasteiger partial charge in [-0.1, -0.05) is 35.9 Å². The molecule has 0 aliphatic heterocycles. The summed E-state index contributed by atoms with van der Waals surface area (Å²) >= 11 is 0. The van der Waals surface area contributed by atoms with Crippen LogP contribution in [0, 0.1) is 12.7 Å². The van der Waals surface area contributed by atoms with E-state index in [1.54, 1.807) is 30.3 Å². The molecule has 4 nitrogen and oxygen atoms in total. The molecule has 2 aromatic rings. The van der Waals surface area contributed by atoms with Crippen molar-refractivity contribution in [2.75, 3.05) is 5.32 Å². The predicted molar refractivity (Wildman–Crippen MR) is 78.1 cm³/mol. The van der Waals surface area contributed by atoms with Gasteiger partial charge in [-0.3, -0.25) is 9.59 Å². The van der Waals surface area contributed by atoms with Gasteiger partial charge in [-0.15, -0.1) is 0 Å². The van der Waals surface area contributed by atoms with E-state index in [0.29, 0.717) is 11.3 Å². The molecule has 0 bridgehead atoms. The van der Waals surface area contributed by atoms with Crippen LogP contribution in [0.2, 0.25) is 0 Å². The first kappa shape index (κ1) is 14.7. The second kappa shape index (κ2) is 6.65. The Morgan fingerprint density at radius 3 is 2.33 bits per heavy atom. The highest BCUT2D eigenvalue weighted by Gasteiger charge is 2.13. The van der Waals surface area contributed by atoms with Crippen LogP contribution in [-0.4, -0.2) is 11.8 Å². The summed E-state index contributed by atoms with van der Waals surface area (Å²) in [5.41, 5.74) is 1.91. The maximum atomic E-state index is 13.4. The smallest absolute Gasteiger partial charge is 0.313 e. The highest BCUT2D eigenvalue weighted by atomic mass is 19.1. The number of amides is 2. The minimum Gasteiger partial charge on any atom is -0.344 e. The quantitative estimate of drug-likeness (QED) is 0.851. The summed E-state index contributed by atoms with van der Waals surface area (Å²) in [5.74, 6) is -2.01. The fourth-order valence-corrected chi connectivity index (χ4v) is 1.72. The Morgan fingerprint density at radius 1 is 1.00 bits per heavy atom. The average Bonchev–Trinajstić information content (AvgIpc) is 2.48. The molecule has 0 aromatic heterocycles. The summed E-state index contributed by atoms with van der Waals surface area (Å²) in [6.07, 6.45) is 0. The Kier molecular flexibility index (Phi) is 4.66. The van der Waals surface area contributed by atoms with E-state index in [1.165, 1.54) is 6.07 Å². The minimum atomic E-state index is -0.807. The van der Waals surface area contributed by atoms with Crippen molar-refractivity contribution in [1.82, 2.24) is 5.32 Å². The number of anilines is 1. The number of carbonyl (C=O) groups excluding carboxylic acids is 2.